The molecule has 2 rings (SSSR count). The van der Waals surface area contributed by atoms with Gasteiger partial charge < -0.3 is 14.9 Å². The summed E-state index contributed by atoms with van der Waals surface area (Å²) in [6, 6.07) is 1.62. The Labute approximate surface area is 140 Å². The summed E-state index contributed by atoms with van der Waals surface area (Å²) < 4.78 is 43.3. The van der Waals surface area contributed by atoms with Crippen LogP contribution in [0.2, 0.25) is 5.02 Å². The average molecular weight is 367 g/mol. The van der Waals surface area contributed by atoms with Gasteiger partial charge in [0.1, 0.15) is 6.04 Å². The smallest absolute Gasteiger partial charge is 0.407 e. The highest BCUT2D eigenvalue weighted by Gasteiger charge is 2.47. The van der Waals surface area contributed by atoms with Crippen LogP contribution in [0.4, 0.5) is 18.9 Å². The van der Waals surface area contributed by atoms with E-state index in [0.717, 1.165) is 18.9 Å². The molecule has 10 heteroatoms. The van der Waals surface area contributed by atoms with Crippen LogP contribution < -0.4 is 10.2 Å². The number of nitrogens with zero attached hydrogens (tertiary/aromatic N) is 1. The van der Waals surface area contributed by atoms with E-state index in [1.807, 2.05) is 5.32 Å². The minimum atomic E-state index is -4.69. The largest absolute Gasteiger partial charge is 0.494 e. The molecule has 0 fully saturated rings. The highest BCUT2D eigenvalue weighted by Crippen LogP contribution is 2.34. The molecule has 0 saturated heterocycles. The molecule has 1 aromatic carbocycles. The second-order valence-corrected chi connectivity index (χ2v) is 5.45. The molecule has 132 valence electrons. The topological polar surface area (TPSA) is 82.0 Å². The van der Waals surface area contributed by atoms with Crippen LogP contribution in [0.1, 0.15) is 17.3 Å². The summed E-state index contributed by atoms with van der Waals surface area (Å²) in [6.45, 7) is 1.08. The average Bonchev–Trinajstić information content (AvgIpc) is 2.50. The van der Waals surface area contributed by atoms with Crippen LogP contribution in [0, 0.1) is 0 Å². The maximum atomic E-state index is 12.9. The van der Waals surface area contributed by atoms with Crippen molar-refractivity contribution < 1.29 is 32.9 Å². The Kier molecular flexibility index (Phi) is 4.97. The predicted octanol–water partition coefficient (Wildman–Crippen LogP) is 2.53. The minimum absolute atomic E-state index is 0.0530. The summed E-state index contributed by atoms with van der Waals surface area (Å²) >= 11 is 5.87. The molecule has 1 heterocycles. The van der Waals surface area contributed by atoms with Crippen LogP contribution >= 0.6 is 11.6 Å². The molecule has 6 nitrogen and oxygen atoms in total. The number of alkyl halides is 3. The number of ether oxygens (including phenoxy) is 1. The second-order valence-electron chi connectivity index (χ2n) is 5.05. The number of carbonyl (C=O) groups is 1. The molecule has 2 atom stereocenters. The van der Waals surface area contributed by atoms with Crippen molar-refractivity contribution in [3.8, 4) is 0 Å². The quantitative estimate of drug-likeness (QED) is 0.698. The number of methoxy groups -OCH3 is 1. The summed E-state index contributed by atoms with van der Waals surface area (Å²) in [5, 5.41) is 22.1. The number of benzene rings is 1. The van der Waals surface area contributed by atoms with Crippen molar-refractivity contribution in [3.63, 3.8) is 0 Å². The fraction of sp³-hybridized carbons (Fsp3) is 0.357. The lowest BCUT2D eigenvalue weighted by Crippen LogP contribution is -2.59. The Hall–Kier alpha value is -1.97. The highest BCUT2D eigenvalue weighted by molar-refractivity contribution is 6.33. The number of carbonyl (C=O) groups excluding carboxylic acids is 1. The minimum Gasteiger partial charge on any atom is -0.494 e. The van der Waals surface area contributed by atoms with Crippen LogP contribution in [0.5, 0.6) is 0 Å². The van der Waals surface area contributed by atoms with E-state index < -0.39 is 36.0 Å². The summed E-state index contributed by atoms with van der Waals surface area (Å²) in [6.07, 6.45) is -6.56. The van der Waals surface area contributed by atoms with Gasteiger partial charge in [-0.05, 0) is 25.1 Å². The summed E-state index contributed by atoms with van der Waals surface area (Å²) in [5.41, 5.74) is -0.438. The van der Waals surface area contributed by atoms with Crippen molar-refractivity contribution in [1.29, 1.82) is 0 Å². The van der Waals surface area contributed by atoms with Crippen molar-refractivity contribution in [2.75, 3.05) is 12.0 Å². The molecular weight excluding hydrogens is 353 g/mol. The van der Waals surface area contributed by atoms with E-state index in [-0.39, 0.29) is 16.3 Å². The Morgan fingerprint density at radius 3 is 2.58 bits per heavy atom. The molecule has 3 N–H and O–H groups in total. The first-order valence-electron chi connectivity index (χ1n) is 6.65. The monoisotopic (exact) mass is 366 g/mol. The van der Waals surface area contributed by atoms with Gasteiger partial charge in [-0.2, -0.15) is 13.2 Å². The highest BCUT2D eigenvalue weighted by atomic mass is 35.5. The van der Waals surface area contributed by atoms with Crippen LogP contribution in [0.25, 0.3) is 0 Å². The molecule has 1 aliphatic heterocycles. The van der Waals surface area contributed by atoms with E-state index in [0.29, 0.717) is 0 Å². The molecule has 24 heavy (non-hydrogen) atoms. The van der Waals surface area contributed by atoms with Crippen molar-refractivity contribution in [1.82, 2.24) is 5.32 Å². The molecule has 0 amide bonds. The predicted molar refractivity (Wildman–Crippen MR) is 79.6 cm³/mol. The van der Waals surface area contributed by atoms with Crippen molar-refractivity contribution in [3.05, 3.63) is 40.2 Å². The molecular formula is C14H14ClF3N2O4. The number of halogens is 4. The molecule has 0 aromatic heterocycles. The fourth-order valence-electron chi connectivity index (χ4n) is 2.32. The Morgan fingerprint density at radius 2 is 2.04 bits per heavy atom. The summed E-state index contributed by atoms with van der Waals surface area (Å²) in [5.74, 6) is -1.55. The fourth-order valence-corrected chi connectivity index (χ4v) is 2.51. The number of nitrogens with one attached hydrogen (secondary N) is 1. The van der Waals surface area contributed by atoms with Gasteiger partial charge >= 0.3 is 12.1 Å². The van der Waals surface area contributed by atoms with Crippen molar-refractivity contribution >= 4 is 23.3 Å². The Bertz CT molecular complexity index is 693. The SMILES string of the molecule is COC(=O)c1cc(N2C(O)=C(C)C(C(F)(F)F)NC2O)ccc1Cl. The molecule has 0 radical (unpaired) electrons. The number of aliphatic hydroxyl groups excluding tert-OH is 2. The normalized spacial score (nSPS) is 21.9. The zero-order valence-corrected chi connectivity index (χ0v) is 13.3. The molecule has 0 bridgehead atoms. The van der Waals surface area contributed by atoms with E-state index >= 15 is 0 Å². The van der Waals surface area contributed by atoms with E-state index in [1.165, 1.54) is 18.2 Å². The maximum absolute atomic E-state index is 12.9. The number of esters is 1. The van der Waals surface area contributed by atoms with E-state index in [9.17, 15) is 28.2 Å². The van der Waals surface area contributed by atoms with E-state index in [2.05, 4.69) is 4.74 Å². The van der Waals surface area contributed by atoms with Gasteiger partial charge in [-0.1, -0.05) is 11.6 Å². The number of rotatable bonds is 2. The second kappa shape index (κ2) is 6.50. The van der Waals surface area contributed by atoms with Crippen molar-refractivity contribution in [2.24, 2.45) is 0 Å². The summed E-state index contributed by atoms with van der Waals surface area (Å²) in [4.78, 5) is 12.5. The van der Waals surface area contributed by atoms with Crippen LogP contribution in [-0.2, 0) is 4.74 Å². The lowest BCUT2D eigenvalue weighted by atomic mass is 10.1. The van der Waals surface area contributed by atoms with Gasteiger partial charge in [0.05, 0.1) is 17.7 Å². The van der Waals surface area contributed by atoms with Crippen molar-refractivity contribution in [2.45, 2.75) is 25.5 Å². The zero-order chi connectivity index (χ0) is 18.2. The van der Waals surface area contributed by atoms with E-state index in [1.54, 1.807) is 0 Å². The number of anilines is 1. The Balaban J connectivity index is 2.49. The first kappa shape index (κ1) is 18.4. The number of hydrogen-bond acceptors (Lipinski definition) is 6. The van der Waals surface area contributed by atoms with Gasteiger partial charge in [-0.15, -0.1) is 0 Å². The van der Waals surface area contributed by atoms with Gasteiger partial charge in [0.25, 0.3) is 0 Å². The van der Waals surface area contributed by atoms with Crippen LogP contribution in [0.15, 0.2) is 29.7 Å². The van der Waals surface area contributed by atoms with Gasteiger partial charge in [-0.3, -0.25) is 10.2 Å². The standard InChI is InChI=1S/C14H14ClF3N2O4/c1-6-10(14(16,17)18)19-13(23)20(11(6)21)7-3-4-9(15)8(5-7)12(22)24-2/h3-5,10,13,19,21,23H,1-2H3. The lowest BCUT2D eigenvalue weighted by Gasteiger charge is -2.39. The summed E-state index contributed by atoms with van der Waals surface area (Å²) in [7, 11) is 1.14. The molecule has 1 aromatic rings. The van der Waals surface area contributed by atoms with Gasteiger partial charge in [0, 0.05) is 11.3 Å². The third-order valence-corrected chi connectivity index (χ3v) is 3.86. The first-order chi connectivity index (χ1) is 11.1. The Morgan fingerprint density at radius 1 is 1.42 bits per heavy atom. The van der Waals surface area contributed by atoms with E-state index in [4.69, 9.17) is 11.6 Å². The third kappa shape index (κ3) is 3.28. The molecule has 0 aliphatic carbocycles. The lowest BCUT2D eigenvalue weighted by molar-refractivity contribution is -0.157. The van der Waals surface area contributed by atoms with Crippen LogP contribution in [-0.4, -0.2) is 41.9 Å². The molecule has 1 aliphatic rings. The van der Waals surface area contributed by atoms with Crippen LogP contribution in [0.3, 0.4) is 0 Å². The maximum Gasteiger partial charge on any atom is 0.407 e. The zero-order valence-electron chi connectivity index (χ0n) is 12.6. The third-order valence-electron chi connectivity index (χ3n) is 3.53. The number of hydrogen-bond donors (Lipinski definition) is 3. The van der Waals surface area contributed by atoms with Gasteiger partial charge in [0.15, 0.2) is 12.2 Å². The molecule has 0 spiro atoms. The van der Waals surface area contributed by atoms with Gasteiger partial charge in [0.2, 0.25) is 0 Å². The molecule has 2 unspecified atom stereocenters. The molecule has 0 saturated carbocycles. The number of aliphatic hydroxyl groups is 2. The van der Waals surface area contributed by atoms with Gasteiger partial charge in [-0.25, -0.2) is 4.79 Å². The first-order valence-corrected chi connectivity index (χ1v) is 7.03.